The first-order chi connectivity index (χ1) is 12.4. The molecular weight excluding hydrogens is 339 g/mol. The molecule has 1 aliphatic rings. The average molecular weight is 363 g/mol. The monoisotopic (exact) mass is 363 g/mol. The molecule has 3 rings (SSSR count). The Bertz CT molecular complexity index is 784. The predicted molar refractivity (Wildman–Crippen MR) is 97.1 cm³/mol. The second-order valence-electron chi connectivity index (χ2n) is 6.48. The van der Waals surface area contributed by atoms with E-state index < -0.39 is 11.7 Å². The van der Waals surface area contributed by atoms with E-state index in [0.29, 0.717) is 16.9 Å². The van der Waals surface area contributed by atoms with Gasteiger partial charge < -0.3 is 4.74 Å². The Morgan fingerprint density at radius 3 is 2.27 bits per heavy atom. The number of halogens is 3. The SMILES string of the molecule is CC.CC1CCC(Oc2ccc3cc(C#N)ccc3c2C(F)(F)F)CC1. The fourth-order valence-corrected chi connectivity index (χ4v) is 3.30. The van der Waals surface area contributed by atoms with Gasteiger partial charge in [0, 0.05) is 0 Å². The summed E-state index contributed by atoms with van der Waals surface area (Å²) in [5.74, 6) is 0.493. The molecule has 0 atom stereocenters. The molecule has 1 fully saturated rings. The Morgan fingerprint density at radius 1 is 1.04 bits per heavy atom. The van der Waals surface area contributed by atoms with Crippen LogP contribution >= 0.6 is 0 Å². The number of nitriles is 1. The van der Waals surface area contributed by atoms with Crippen molar-refractivity contribution in [3.05, 3.63) is 41.5 Å². The van der Waals surface area contributed by atoms with Crippen molar-refractivity contribution in [3.8, 4) is 11.8 Å². The standard InChI is InChI=1S/C19H18F3NO.C2H6/c1-12-2-6-15(7-3-12)24-17-9-5-14-10-13(11-23)4-8-16(14)18(17)19(20,21)22;1-2/h4-5,8-10,12,15H,2-3,6-7H2,1H3;1-2H3. The maximum absolute atomic E-state index is 13.6. The summed E-state index contributed by atoms with van der Waals surface area (Å²) in [6.07, 6.45) is -1.16. The number of ether oxygens (including phenoxy) is 1. The highest BCUT2D eigenvalue weighted by atomic mass is 19.4. The van der Waals surface area contributed by atoms with Crippen molar-refractivity contribution in [3.63, 3.8) is 0 Å². The van der Waals surface area contributed by atoms with E-state index in [2.05, 4.69) is 6.92 Å². The zero-order valence-electron chi connectivity index (χ0n) is 15.4. The van der Waals surface area contributed by atoms with Crippen molar-refractivity contribution in [1.29, 1.82) is 5.26 Å². The zero-order valence-corrected chi connectivity index (χ0v) is 15.4. The van der Waals surface area contributed by atoms with E-state index in [1.165, 1.54) is 24.3 Å². The molecule has 2 aromatic rings. The molecule has 2 nitrogen and oxygen atoms in total. The number of alkyl halides is 3. The van der Waals surface area contributed by atoms with Gasteiger partial charge in [0.25, 0.3) is 0 Å². The summed E-state index contributed by atoms with van der Waals surface area (Å²) in [6, 6.07) is 9.15. The lowest BCUT2D eigenvalue weighted by atomic mass is 9.89. The average Bonchev–Trinajstić information content (AvgIpc) is 2.63. The van der Waals surface area contributed by atoms with Crippen molar-refractivity contribution in [1.82, 2.24) is 0 Å². The lowest BCUT2D eigenvalue weighted by molar-refractivity contribution is -0.138. The molecule has 5 heteroatoms. The minimum atomic E-state index is -4.51. The molecule has 2 aromatic carbocycles. The Kier molecular flexibility index (Phi) is 6.52. The molecule has 0 amide bonds. The van der Waals surface area contributed by atoms with Crippen molar-refractivity contribution < 1.29 is 17.9 Å². The highest BCUT2D eigenvalue weighted by molar-refractivity contribution is 5.89. The van der Waals surface area contributed by atoms with Crippen LogP contribution in [-0.4, -0.2) is 6.10 Å². The highest BCUT2D eigenvalue weighted by Crippen LogP contribution is 2.42. The molecule has 0 aromatic heterocycles. The maximum atomic E-state index is 13.6. The van der Waals surface area contributed by atoms with Crippen LogP contribution in [0.5, 0.6) is 5.75 Å². The number of hydrogen-bond donors (Lipinski definition) is 0. The summed E-state index contributed by atoms with van der Waals surface area (Å²) in [7, 11) is 0. The van der Waals surface area contributed by atoms with Crippen molar-refractivity contribution in [2.45, 2.75) is 58.7 Å². The van der Waals surface area contributed by atoms with Gasteiger partial charge in [-0.05, 0) is 60.6 Å². The zero-order chi connectivity index (χ0) is 19.3. The van der Waals surface area contributed by atoms with Gasteiger partial charge in [0.05, 0.1) is 17.7 Å². The molecule has 0 bridgehead atoms. The molecule has 140 valence electrons. The van der Waals surface area contributed by atoms with Crippen LogP contribution in [0.4, 0.5) is 13.2 Å². The number of nitrogens with zero attached hydrogens (tertiary/aromatic N) is 1. The largest absolute Gasteiger partial charge is 0.490 e. The van der Waals surface area contributed by atoms with Crippen molar-refractivity contribution in [2.75, 3.05) is 0 Å². The van der Waals surface area contributed by atoms with Crippen LogP contribution in [0.1, 0.15) is 57.6 Å². The van der Waals surface area contributed by atoms with Crippen LogP contribution in [-0.2, 0) is 6.18 Å². The molecule has 1 saturated carbocycles. The van der Waals surface area contributed by atoms with E-state index in [1.54, 1.807) is 6.07 Å². The Balaban J connectivity index is 0.00000117. The second-order valence-corrected chi connectivity index (χ2v) is 6.48. The van der Waals surface area contributed by atoms with E-state index in [0.717, 1.165) is 25.7 Å². The quantitative estimate of drug-likeness (QED) is 0.594. The van der Waals surface area contributed by atoms with E-state index >= 15 is 0 Å². The van der Waals surface area contributed by atoms with E-state index in [1.807, 2.05) is 19.9 Å². The van der Waals surface area contributed by atoms with Crippen LogP contribution in [0.2, 0.25) is 0 Å². The van der Waals surface area contributed by atoms with Gasteiger partial charge in [-0.1, -0.05) is 32.9 Å². The molecule has 0 unspecified atom stereocenters. The van der Waals surface area contributed by atoms with Crippen LogP contribution in [0.3, 0.4) is 0 Å². The Morgan fingerprint density at radius 2 is 1.69 bits per heavy atom. The number of rotatable bonds is 2. The second kappa shape index (κ2) is 8.44. The third-order valence-electron chi connectivity index (χ3n) is 4.65. The van der Waals surface area contributed by atoms with Crippen molar-refractivity contribution in [2.24, 2.45) is 5.92 Å². The molecule has 0 N–H and O–H groups in total. The lowest BCUT2D eigenvalue weighted by Crippen LogP contribution is -2.24. The summed E-state index contributed by atoms with van der Waals surface area (Å²) >= 11 is 0. The molecule has 26 heavy (non-hydrogen) atoms. The van der Waals surface area contributed by atoms with E-state index in [-0.39, 0.29) is 17.2 Å². The summed E-state index contributed by atoms with van der Waals surface area (Å²) in [6.45, 7) is 6.15. The van der Waals surface area contributed by atoms with Crippen LogP contribution in [0.15, 0.2) is 30.3 Å². The molecule has 0 radical (unpaired) electrons. The summed E-state index contributed by atoms with van der Waals surface area (Å²) in [4.78, 5) is 0. The van der Waals surface area contributed by atoms with Gasteiger partial charge in [-0.15, -0.1) is 0 Å². The molecule has 0 heterocycles. The fourth-order valence-electron chi connectivity index (χ4n) is 3.30. The minimum absolute atomic E-state index is 0.0724. The van der Waals surface area contributed by atoms with Crippen molar-refractivity contribution >= 4 is 10.8 Å². The van der Waals surface area contributed by atoms with Crippen LogP contribution < -0.4 is 4.74 Å². The maximum Gasteiger partial charge on any atom is 0.420 e. The smallest absolute Gasteiger partial charge is 0.420 e. The Hall–Kier alpha value is -2.22. The van der Waals surface area contributed by atoms with E-state index in [9.17, 15) is 13.2 Å². The summed E-state index contributed by atoms with van der Waals surface area (Å²) in [5.41, 5.74) is -0.409. The van der Waals surface area contributed by atoms with Crippen LogP contribution in [0, 0.1) is 17.2 Å². The number of fused-ring (bicyclic) bond motifs is 1. The van der Waals surface area contributed by atoms with Gasteiger partial charge in [0.15, 0.2) is 0 Å². The van der Waals surface area contributed by atoms with E-state index in [4.69, 9.17) is 10.00 Å². The Labute approximate surface area is 152 Å². The lowest BCUT2D eigenvalue weighted by Gasteiger charge is -2.28. The third-order valence-corrected chi connectivity index (χ3v) is 4.65. The van der Waals surface area contributed by atoms with Gasteiger partial charge in [-0.25, -0.2) is 0 Å². The first kappa shape index (κ1) is 20.1. The minimum Gasteiger partial charge on any atom is -0.490 e. The first-order valence-electron chi connectivity index (χ1n) is 9.09. The van der Waals surface area contributed by atoms with Crippen LogP contribution in [0.25, 0.3) is 10.8 Å². The molecule has 0 aliphatic heterocycles. The molecule has 1 aliphatic carbocycles. The topological polar surface area (TPSA) is 33.0 Å². The van der Waals surface area contributed by atoms with Gasteiger partial charge in [0.2, 0.25) is 0 Å². The van der Waals surface area contributed by atoms with Gasteiger partial charge in [-0.2, -0.15) is 18.4 Å². The van der Waals surface area contributed by atoms with Gasteiger partial charge >= 0.3 is 6.18 Å². The summed E-state index contributed by atoms with van der Waals surface area (Å²) in [5, 5.41) is 9.39. The normalized spacial score (nSPS) is 20.0. The van der Waals surface area contributed by atoms with Gasteiger partial charge in [-0.3, -0.25) is 0 Å². The van der Waals surface area contributed by atoms with Gasteiger partial charge in [0.1, 0.15) is 11.3 Å². The molecule has 0 saturated heterocycles. The number of benzene rings is 2. The number of hydrogen-bond acceptors (Lipinski definition) is 2. The predicted octanol–water partition coefficient (Wildman–Crippen LogP) is 6.71. The highest BCUT2D eigenvalue weighted by Gasteiger charge is 2.37. The first-order valence-corrected chi connectivity index (χ1v) is 9.09. The molecule has 0 spiro atoms. The molecular formula is C21H24F3NO. The fraction of sp³-hybridized carbons (Fsp3) is 0.476. The summed E-state index contributed by atoms with van der Waals surface area (Å²) < 4.78 is 46.6. The third kappa shape index (κ3) is 4.49.